The number of carbonyl (C=O) groups is 1. The Hall–Kier alpha value is -1.05. The van der Waals surface area contributed by atoms with Crippen molar-refractivity contribution in [3.8, 4) is 0 Å². The number of benzene rings is 1. The van der Waals surface area contributed by atoms with Crippen LogP contribution in [0.2, 0.25) is 0 Å². The van der Waals surface area contributed by atoms with E-state index < -0.39 is 22.0 Å². The minimum Gasteiger partial charge on any atom is -0.480 e. The number of thioether (sulfide) groups is 1. The molecule has 1 heterocycles. The Bertz CT molecular complexity index is 630. The first kappa shape index (κ1) is 16.3. The molecular formula is C14H19NO4S2. The second-order valence-electron chi connectivity index (χ2n) is 5.03. The van der Waals surface area contributed by atoms with E-state index in [9.17, 15) is 18.3 Å². The van der Waals surface area contributed by atoms with Gasteiger partial charge in [-0.05, 0) is 25.0 Å². The number of hydrogen-bond acceptors (Lipinski definition) is 4. The summed E-state index contributed by atoms with van der Waals surface area (Å²) in [7, 11) is -3.80. The predicted molar refractivity (Wildman–Crippen MR) is 82.8 cm³/mol. The Kier molecular flexibility index (Phi) is 4.95. The number of carboxylic acids is 1. The lowest BCUT2D eigenvalue weighted by Gasteiger charge is -2.26. The van der Waals surface area contributed by atoms with Gasteiger partial charge >= 0.3 is 5.97 Å². The third-order valence-corrected chi connectivity index (χ3v) is 7.07. The van der Waals surface area contributed by atoms with Crippen molar-refractivity contribution in [3.05, 3.63) is 29.8 Å². The Morgan fingerprint density at radius 3 is 2.67 bits per heavy atom. The second-order valence-corrected chi connectivity index (χ2v) is 8.05. The molecule has 2 atom stereocenters. The van der Waals surface area contributed by atoms with Crippen molar-refractivity contribution in [2.24, 2.45) is 0 Å². The number of hydrogen-bond donors (Lipinski definition) is 1. The summed E-state index contributed by atoms with van der Waals surface area (Å²) >= 11 is 1.40. The molecule has 1 fully saturated rings. The van der Waals surface area contributed by atoms with E-state index in [0.717, 1.165) is 6.42 Å². The lowest BCUT2D eigenvalue weighted by molar-refractivity contribution is -0.140. The smallest absolute Gasteiger partial charge is 0.322 e. The Labute approximate surface area is 129 Å². The number of nitrogens with zero attached hydrogens (tertiary/aromatic N) is 1. The maximum Gasteiger partial charge on any atom is 0.322 e. The molecular weight excluding hydrogens is 310 g/mol. The van der Waals surface area contributed by atoms with Crippen LogP contribution in [0.1, 0.15) is 25.3 Å². The quantitative estimate of drug-likeness (QED) is 0.897. The highest BCUT2D eigenvalue weighted by atomic mass is 32.2. The van der Waals surface area contributed by atoms with E-state index in [4.69, 9.17) is 0 Å². The number of aliphatic carboxylic acids is 1. The fourth-order valence-electron chi connectivity index (χ4n) is 2.47. The van der Waals surface area contributed by atoms with Crippen LogP contribution in [0.3, 0.4) is 0 Å². The number of rotatable bonds is 5. The van der Waals surface area contributed by atoms with E-state index in [-0.39, 0.29) is 10.3 Å². The molecule has 0 aliphatic carbocycles. The number of carboxylic acid groups (broad SMARTS) is 1. The van der Waals surface area contributed by atoms with Gasteiger partial charge in [-0.3, -0.25) is 4.79 Å². The van der Waals surface area contributed by atoms with Crippen molar-refractivity contribution in [2.45, 2.75) is 43.0 Å². The van der Waals surface area contributed by atoms with Crippen molar-refractivity contribution in [1.29, 1.82) is 0 Å². The van der Waals surface area contributed by atoms with Crippen LogP contribution in [0.4, 0.5) is 0 Å². The molecule has 1 aliphatic rings. The Morgan fingerprint density at radius 2 is 2.10 bits per heavy atom. The summed E-state index contributed by atoms with van der Waals surface area (Å²) < 4.78 is 27.0. The molecule has 0 spiro atoms. The molecule has 0 amide bonds. The van der Waals surface area contributed by atoms with Crippen LogP contribution in [0.5, 0.6) is 0 Å². The maximum absolute atomic E-state index is 12.9. The van der Waals surface area contributed by atoms with Crippen LogP contribution < -0.4 is 0 Å². The van der Waals surface area contributed by atoms with Gasteiger partial charge in [-0.2, -0.15) is 4.31 Å². The average molecular weight is 329 g/mol. The van der Waals surface area contributed by atoms with Crippen LogP contribution in [0.25, 0.3) is 0 Å². The lowest BCUT2D eigenvalue weighted by Crippen LogP contribution is -2.45. The summed E-state index contributed by atoms with van der Waals surface area (Å²) in [4.78, 5) is 11.6. The zero-order valence-corrected chi connectivity index (χ0v) is 13.7. The third-order valence-electron chi connectivity index (χ3n) is 3.51. The van der Waals surface area contributed by atoms with E-state index in [0.29, 0.717) is 17.7 Å². The van der Waals surface area contributed by atoms with Crippen LogP contribution in [0.15, 0.2) is 29.2 Å². The fraction of sp³-hybridized carbons (Fsp3) is 0.500. The van der Waals surface area contributed by atoms with Crippen LogP contribution >= 0.6 is 11.8 Å². The second kappa shape index (κ2) is 6.37. The maximum atomic E-state index is 12.9. The topological polar surface area (TPSA) is 74.7 Å². The molecule has 2 rings (SSSR count). The minimum atomic E-state index is -3.80. The van der Waals surface area contributed by atoms with Crippen molar-refractivity contribution < 1.29 is 18.3 Å². The standard InChI is InChI=1S/C14H19NO4S2/c1-3-6-13-15(11(9-20-13)14(16)17)21(18,19)12-8-5-4-7-10(12)2/h4-5,7-8,11,13H,3,6,9H2,1-2H3,(H,16,17). The van der Waals surface area contributed by atoms with Crippen molar-refractivity contribution in [1.82, 2.24) is 4.31 Å². The highest BCUT2D eigenvalue weighted by Crippen LogP contribution is 2.37. The monoisotopic (exact) mass is 329 g/mol. The number of sulfonamides is 1. The van der Waals surface area contributed by atoms with E-state index >= 15 is 0 Å². The molecule has 116 valence electrons. The summed E-state index contributed by atoms with van der Waals surface area (Å²) in [5.41, 5.74) is 0.633. The molecule has 0 radical (unpaired) electrons. The molecule has 2 unspecified atom stereocenters. The summed E-state index contributed by atoms with van der Waals surface area (Å²) in [5, 5.41) is 9.02. The molecule has 1 N–H and O–H groups in total. The van der Waals surface area contributed by atoms with Crippen LogP contribution in [-0.2, 0) is 14.8 Å². The van der Waals surface area contributed by atoms with E-state index in [1.54, 1.807) is 25.1 Å². The third kappa shape index (κ3) is 3.09. The van der Waals surface area contributed by atoms with E-state index in [2.05, 4.69) is 0 Å². The molecule has 1 aromatic rings. The molecule has 0 aromatic heterocycles. The summed E-state index contributed by atoms with van der Waals surface area (Å²) in [6.45, 7) is 3.69. The normalized spacial score (nSPS) is 23.3. The molecule has 1 aliphatic heterocycles. The highest BCUT2D eigenvalue weighted by molar-refractivity contribution is 8.01. The average Bonchev–Trinajstić information content (AvgIpc) is 2.84. The summed E-state index contributed by atoms with van der Waals surface area (Å²) in [5.74, 6) is -0.788. The largest absolute Gasteiger partial charge is 0.480 e. The van der Waals surface area contributed by atoms with Crippen molar-refractivity contribution in [3.63, 3.8) is 0 Å². The lowest BCUT2D eigenvalue weighted by atomic mass is 10.2. The van der Waals surface area contributed by atoms with Gasteiger partial charge in [-0.15, -0.1) is 11.8 Å². The van der Waals surface area contributed by atoms with Gasteiger partial charge in [0.05, 0.1) is 10.3 Å². The molecule has 0 saturated carbocycles. The van der Waals surface area contributed by atoms with Gasteiger partial charge in [0, 0.05) is 5.75 Å². The van der Waals surface area contributed by atoms with E-state index in [1.165, 1.54) is 22.1 Å². The van der Waals surface area contributed by atoms with Gasteiger partial charge in [-0.25, -0.2) is 8.42 Å². The SMILES string of the molecule is CCCC1SCC(C(=O)O)N1S(=O)(=O)c1ccccc1C. The minimum absolute atomic E-state index is 0.194. The van der Waals surface area contributed by atoms with Crippen molar-refractivity contribution in [2.75, 3.05) is 5.75 Å². The van der Waals surface area contributed by atoms with Crippen molar-refractivity contribution >= 4 is 27.8 Å². The predicted octanol–water partition coefficient (Wildman–Crippen LogP) is 2.31. The molecule has 0 bridgehead atoms. The summed E-state index contributed by atoms with van der Waals surface area (Å²) in [6, 6.07) is 5.70. The number of aryl methyl sites for hydroxylation is 1. The molecule has 5 nitrogen and oxygen atoms in total. The van der Waals surface area contributed by atoms with Gasteiger partial charge in [-0.1, -0.05) is 31.5 Å². The van der Waals surface area contributed by atoms with Gasteiger partial charge in [0.1, 0.15) is 6.04 Å². The van der Waals surface area contributed by atoms with Crippen LogP contribution in [-0.4, -0.2) is 41.0 Å². The highest BCUT2D eigenvalue weighted by Gasteiger charge is 2.46. The van der Waals surface area contributed by atoms with Gasteiger partial charge in [0.2, 0.25) is 10.0 Å². The van der Waals surface area contributed by atoms with Gasteiger partial charge in [0.25, 0.3) is 0 Å². The van der Waals surface area contributed by atoms with Gasteiger partial charge < -0.3 is 5.11 Å². The zero-order valence-electron chi connectivity index (χ0n) is 12.0. The molecule has 1 aromatic carbocycles. The van der Waals surface area contributed by atoms with Crippen LogP contribution in [0, 0.1) is 6.92 Å². The first-order chi connectivity index (χ1) is 9.89. The molecule has 21 heavy (non-hydrogen) atoms. The molecule has 1 saturated heterocycles. The van der Waals surface area contributed by atoms with E-state index in [1.807, 2.05) is 6.92 Å². The first-order valence-electron chi connectivity index (χ1n) is 6.83. The van der Waals surface area contributed by atoms with Gasteiger partial charge in [0.15, 0.2) is 0 Å². The zero-order chi connectivity index (χ0) is 15.6. The first-order valence-corrected chi connectivity index (χ1v) is 9.32. The molecule has 7 heteroatoms. The fourth-order valence-corrected chi connectivity index (χ4v) is 6.36. The Morgan fingerprint density at radius 1 is 1.43 bits per heavy atom. The summed E-state index contributed by atoms with van der Waals surface area (Å²) in [6.07, 6.45) is 1.46. The Balaban J connectivity index is 2.48.